The molecule has 22 heavy (non-hydrogen) atoms. The molecule has 0 amide bonds. The molecule has 1 aromatic heterocycles. The fourth-order valence-corrected chi connectivity index (χ4v) is 2.31. The molecular formula is C18H26N4. The highest BCUT2D eigenvalue weighted by molar-refractivity contribution is 5.79. The zero-order valence-corrected chi connectivity index (χ0v) is 13.5. The van der Waals surface area contributed by atoms with Gasteiger partial charge in [-0.1, -0.05) is 31.2 Å². The highest BCUT2D eigenvalue weighted by atomic mass is 15.2. The lowest BCUT2D eigenvalue weighted by atomic mass is 10.1. The number of rotatable bonds is 7. The third-order valence-electron chi connectivity index (χ3n) is 3.69. The molecule has 0 aliphatic rings. The number of aromatic nitrogens is 1. The SMILES string of the molecule is CCc1ccc(CCNC(=NC)NCCn2cccc2)cc1. The van der Waals surface area contributed by atoms with Crippen LogP contribution in [0.4, 0.5) is 0 Å². The van der Waals surface area contributed by atoms with E-state index in [0.29, 0.717) is 0 Å². The van der Waals surface area contributed by atoms with E-state index < -0.39 is 0 Å². The van der Waals surface area contributed by atoms with E-state index in [-0.39, 0.29) is 0 Å². The molecule has 0 fully saturated rings. The van der Waals surface area contributed by atoms with Crippen molar-refractivity contribution in [2.75, 3.05) is 20.1 Å². The lowest BCUT2D eigenvalue weighted by molar-refractivity contribution is 0.665. The summed E-state index contributed by atoms with van der Waals surface area (Å²) >= 11 is 0. The van der Waals surface area contributed by atoms with Crippen LogP contribution in [0.5, 0.6) is 0 Å². The summed E-state index contributed by atoms with van der Waals surface area (Å²) in [6.07, 6.45) is 6.23. The Kier molecular flexibility index (Phi) is 6.55. The maximum absolute atomic E-state index is 4.25. The summed E-state index contributed by atoms with van der Waals surface area (Å²) in [5.74, 6) is 0.859. The molecule has 0 aliphatic carbocycles. The first-order valence-electron chi connectivity index (χ1n) is 7.95. The van der Waals surface area contributed by atoms with Gasteiger partial charge in [0.2, 0.25) is 0 Å². The third kappa shape index (κ3) is 5.28. The van der Waals surface area contributed by atoms with Crippen molar-refractivity contribution in [3.05, 3.63) is 59.9 Å². The normalized spacial score (nSPS) is 11.5. The first-order valence-corrected chi connectivity index (χ1v) is 7.95. The number of nitrogens with one attached hydrogen (secondary N) is 2. The molecule has 1 heterocycles. The van der Waals surface area contributed by atoms with E-state index in [9.17, 15) is 0 Å². The van der Waals surface area contributed by atoms with Crippen LogP contribution in [-0.4, -0.2) is 30.7 Å². The molecule has 4 heteroatoms. The van der Waals surface area contributed by atoms with Gasteiger partial charge in [-0.15, -0.1) is 0 Å². The van der Waals surface area contributed by atoms with Crippen LogP contribution in [0.2, 0.25) is 0 Å². The summed E-state index contributed by atoms with van der Waals surface area (Å²) in [6, 6.07) is 12.9. The second-order valence-corrected chi connectivity index (χ2v) is 5.27. The topological polar surface area (TPSA) is 41.4 Å². The molecular weight excluding hydrogens is 272 g/mol. The van der Waals surface area contributed by atoms with Gasteiger partial charge in [-0.3, -0.25) is 4.99 Å². The number of hydrogen-bond acceptors (Lipinski definition) is 1. The van der Waals surface area contributed by atoms with Gasteiger partial charge in [0.25, 0.3) is 0 Å². The molecule has 0 saturated carbocycles. The van der Waals surface area contributed by atoms with Gasteiger partial charge in [-0.25, -0.2) is 0 Å². The lowest BCUT2D eigenvalue weighted by Gasteiger charge is -2.12. The van der Waals surface area contributed by atoms with Gasteiger partial charge < -0.3 is 15.2 Å². The average Bonchev–Trinajstić information content (AvgIpc) is 3.07. The first-order chi connectivity index (χ1) is 10.8. The van der Waals surface area contributed by atoms with Crippen LogP contribution in [0.25, 0.3) is 0 Å². The van der Waals surface area contributed by atoms with Crippen LogP contribution in [0.3, 0.4) is 0 Å². The monoisotopic (exact) mass is 298 g/mol. The van der Waals surface area contributed by atoms with Gasteiger partial charge in [0.15, 0.2) is 5.96 Å². The molecule has 2 aromatic rings. The van der Waals surface area contributed by atoms with Crippen LogP contribution in [-0.2, 0) is 19.4 Å². The van der Waals surface area contributed by atoms with Gasteiger partial charge in [0.1, 0.15) is 0 Å². The van der Waals surface area contributed by atoms with Crippen molar-refractivity contribution in [2.24, 2.45) is 4.99 Å². The Morgan fingerprint density at radius 1 is 1.00 bits per heavy atom. The van der Waals surface area contributed by atoms with E-state index in [2.05, 4.69) is 63.8 Å². The number of nitrogens with zero attached hydrogens (tertiary/aromatic N) is 2. The van der Waals surface area contributed by atoms with Crippen molar-refractivity contribution in [1.82, 2.24) is 15.2 Å². The number of hydrogen-bond donors (Lipinski definition) is 2. The minimum Gasteiger partial charge on any atom is -0.356 e. The van der Waals surface area contributed by atoms with Gasteiger partial charge in [-0.2, -0.15) is 0 Å². The summed E-state index contributed by atoms with van der Waals surface area (Å²) in [6.45, 7) is 4.86. The molecule has 0 atom stereocenters. The third-order valence-corrected chi connectivity index (χ3v) is 3.69. The van der Waals surface area contributed by atoms with E-state index in [1.54, 1.807) is 7.05 Å². The molecule has 0 unspecified atom stereocenters. The Bertz CT molecular complexity index is 555. The van der Waals surface area contributed by atoms with E-state index in [1.165, 1.54) is 11.1 Å². The molecule has 0 saturated heterocycles. The van der Waals surface area contributed by atoms with Crippen molar-refractivity contribution in [2.45, 2.75) is 26.3 Å². The van der Waals surface area contributed by atoms with Crippen LogP contribution in [0.1, 0.15) is 18.1 Å². The maximum atomic E-state index is 4.25. The minimum atomic E-state index is 0.859. The fourth-order valence-electron chi connectivity index (χ4n) is 2.31. The van der Waals surface area contributed by atoms with Crippen molar-refractivity contribution in [3.8, 4) is 0 Å². The maximum Gasteiger partial charge on any atom is 0.191 e. The molecule has 0 spiro atoms. The average molecular weight is 298 g/mol. The smallest absolute Gasteiger partial charge is 0.191 e. The van der Waals surface area contributed by atoms with Crippen LogP contribution in [0, 0.1) is 0 Å². The first kappa shape index (κ1) is 16.1. The number of guanidine groups is 1. The summed E-state index contributed by atoms with van der Waals surface area (Å²) in [5.41, 5.74) is 2.74. The molecule has 118 valence electrons. The van der Waals surface area contributed by atoms with Gasteiger partial charge in [0, 0.05) is 39.1 Å². The second-order valence-electron chi connectivity index (χ2n) is 5.27. The molecule has 1 aromatic carbocycles. The Morgan fingerprint density at radius 2 is 1.64 bits per heavy atom. The predicted octanol–water partition coefficient (Wildman–Crippen LogP) is 2.46. The van der Waals surface area contributed by atoms with Crippen LogP contribution < -0.4 is 10.6 Å². The molecule has 0 radical (unpaired) electrons. The standard InChI is InChI=1S/C18H26N4/c1-3-16-6-8-17(9-7-16)10-11-20-18(19-2)21-12-15-22-13-4-5-14-22/h4-9,13-14H,3,10-12,15H2,1-2H3,(H2,19,20,21). The van der Waals surface area contributed by atoms with Crippen molar-refractivity contribution in [1.29, 1.82) is 0 Å². The van der Waals surface area contributed by atoms with E-state index in [0.717, 1.165) is 38.4 Å². The zero-order valence-electron chi connectivity index (χ0n) is 13.5. The summed E-state index contributed by atoms with van der Waals surface area (Å²) in [7, 11) is 1.81. The lowest BCUT2D eigenvalue weighted by Crippen LogP contribution is -2.39. The number of benzene rings is 1. The largest absolute Gasteiger partial charge is 0.356 e. The summed E-state index contributed by atoms with van der Waals surface area (Å²) < 4.78 is 2.15. The number of aryl methyl sites for hydroxylation is 1. The van der Waals surface area contributed by atoms with E-state index in [4.69, 9.17) is 0 Å². The number of aliphatic imine (C=N–C) groups is 1. The highest BCUT2D eigenvalue weighted by Crippen LogP contribution is 2.05. The minimum absolute atomic E-state index is 0.859. The fraction of sp³-hybridized carbons (Fsp3) is 0.389. The van der Waals surface area contributed by atoms with E-state index >= 15 is 0 Å². The highest BCUT2D eigenvalue weighted by Gasteiger charge is 1.98. The summed E-state index contributed by atoms with van der Waals surface area (Å²) in [5, 5.41) is 6.69. The second kappa shape index (κ2) is 8.93. The molecule has 4 nitrogen and oxygen atoms in total. The van der Waals surface area contributed by atoms with Gasteiger partial charge in [0.05, 0.1) is 0 Å². The molecule has 2 rings (SSSR count). The predicted molar refractivity (Wildman–Crippen MR) is 93.3 cm³/mol. The molecule has 0 aliphatic heterocycles. The van der Waals surface area contributed by atoms with Gasteiger partial charge in [-0.05, 0) is 36.1 Å². The van der Waals surface area contributed by atoms with Gasteiger partial charge >= 0.3 is 0 Å². The quantitative estimate of drug-likeness (QED) is 0.609. The Balaban J connectivity index is 1.67. The van der Waals surface area contributed by atoms with Crippen LogP contribution in [0.15, 0.2) is 53.8 Å². The van der Waals surface area contributed by atoms with E-state index in [1.807, 2.05) is 12.1 Å². The molecule has 2 N–H and O–H groups in total. The zero-order chi connectivity index (χ0) is 15.6. The Labute approximate surface area is 133 Å². The summed E-state index contributed by atoms with van der Waals surface area (Å²) in [4.78, 5) is 4.25. The van der Waals surface area contributed by atoms with Crippen molar-refractivity contribution < 1.29 is 0 Å². The molecule has 0 bridgehead atoms. The Hall–Kier alpha value is -2.23. The van der Waals surface area contributed by atoms with Crippen LogP contribution >= 0.6 is 0 Å². The van der Waals surface area contributed by atoms with Crippen molar-refractivity contribution >= 4 is 5.96 Å². The Morgan fingerprint density at radius 3 is 2.27 bits per heavy atom. The van der Waals surface area contributed by atoms with Crippen molar-refractivity contribution in [3.63, 3.8) is 0 Å².